The lowest BCUT2D eigenvalue weighted by Crippen LogP contribution is -2.53. The summed E-state index contributed by atoms with van der Waals surface area (Å²) in [4.78, 5) is 26.1. The Bertz CT molecular complexity index is 872. The molecule has 1 heterocycles. The number of aliphatic hydroxyl groups is 2. The quantitative estimate of drug-likeness (QED) is 0.544. The molecule has 138 valence electrons. The van der Waals surface area contributed by atoms with Crippen LogP contribution in [0.15, 0.2) is 91.0 Å². The van der Waals surface area contributed by atoms with E-state index >= 15 is 0 Å². The molecule has 0 aromatic heterocycles. The van der Waals surface area contributed by atoms with Gasteiger partial charge in [-0.3, -0.25) is 0 Å². The summed E-state index contributed by atoms with van der Waals surface area (Å²) in [6, 6.07) is 28.0. The minimum Gasteiger partial charge on any atom is -0.383 e. The molecular weight excluding hydrogens is 351 g/mol. The van der Waals surface area contributed by atoms with Crippen LogP contribution in [0.4, 0.5) is 0 Å². The molecule has 4 nitrogen and oxygen atoms in total. The van der Waals surface area contributed by atoms with Crippen LogP contribution in [0.1, 0.15) is 16.7 Å². The van der Waals surface area contributed by atoms with Crippen molar-refractivity contribution in [1.29, 1.82) is 0 Å². The summed E-state index contributed by atoms with van der Waals surface area (Å²) in [5.74, 6) is 0. The highest BCUT2D eigenvalue weighted by Crippen LogP contribution is 2.44. The van der Waals surface area contributed by atoms with Gasteiger partial charge < -0.3 is 19.8 Å². The van der Waals surface area contributed by atoms with Crippen LogP contribution in [0.2, 0.25) is 0 Å². The van der Waals surface area contributed by atoms with Crippen LogP contribution >= 0.6 is 0 Å². The SMILES string of the molecule is O=C1B(C(c2ccccc2)(c2ccccc2)c2ccccc2)C(=O)C(O)C1O. The molecule has 4 rings (SSSR count). The van der Waals surface area contributed by atoms with Gasteiger partial charge >= 0.3 is 6.71 Å². The third-order valence-electron chi connectivity index (χ3n) is 5.57. The molecule has 3 aromatic carbocycles. The van der Waals surface area contributed by atoms with E-state index < -0.39 is 35.6 Å². The molecule has 28 heavy (non-hydrogen) atoms. The van der Waals surface area contributed by atoms with Gasteiger partial charge in [0.2, 0.25) is 0 Å². The van der Waals surface area contributed by atoms with Crippen molar-refractivity contribution >= 4 is 18.1 Å². The van der Waals surface area contributed by atoms with Crippen molar-refractivity contribution in [3.8, 4) is 0 Å². The van der Waals surface area contributed by atoms with Crippen molar-refractivity contribution in [2.75, 3.05) is 0 Å². The number of carbonyl (C=O) groups excluding carboxylic acids is 2. The first-order valence-electron chi connectivity index (χ1n) is 9.18. The van der Waals surface area contributed by atoms with E-state index in [1.165, 1.54) is 0 Å². The number of hydrogen-bond donors (Lipinski definition) is 2. The summed E-state index contributed by atoms with van der Waals surface area (Å²) in [6.45, 7) is -1.23. The topological polar surface area (TPSA) is 74.6 Å². The standard InChI is InChI=1S/C23H19BO4/c25-19-20(26)22(28)24(21(19)27)23(16-10-4-1-5-11-16,17-12-6-2-7-13-17)18-14-8-3-9-15-18/h1-15,19-20,25-26H. The van der Waals surface area contributed by atoms with E-state index in [1.807, 2.05) is 91.0 Å². The fourth-order valence-corrected chi connectivity index (χ4v) is 4.32. The summed E-state index contributed by atoms with van der Waals surface area (Å²) in [5.41, 5.74) is 0.935. The highest BCUT2D eigenvalue weighted by atomic mass is 16.3. The normalized spacial score (nSPS) is 19.9. The molecule has 0 amide bonds. The largest absolute Gasteiger partial charge is 0.383 e. The lowest BCUT2D eigenvalue weighted by molar-refractivity contribution is -0.129. The number of carbonyl (C=O) groups is 2. The van der Waals surface area contributed by atoms with Gasteiger partial charge in [-0.2, -0.15) is 0 Å². The fraction of sp³-hybridized carbons (Fsp3) is 0.130. The van der Waals surface area contributed by atoms with Crippen molar-refractivity contribution in [2.24, 2.45) is 0 Å². The van der Waals surface area contributed by atoms with Gasteiger partial charge in [-0.05, 0) is 16.7 Å². The molecule has 0 bridgehead atoms. The second kappa shape index (κ2) is 7.19. The Labute approximate surface area is 163 Å². The van der Waals surface area contributed by atoms with E-state index in [9.17, 15) is 19.8 Å². The van der Waals surface area contributed by atoms with Gasteiger partial charge in [-0.15, -0.1) is 0 Å². The van der Waals surface area contributed by atoms with Crippen LogP contribution in [0, 0.1) is 0 Å². The molecule has 0 radical (unpaired) electrons. The van der Waals surface area contributed by atoms with E-state index in [-0.39, 0.29) is 0 Å². The van der Waals surface area contributed by atoms with Crippen LogP contribution in [-0.2, 0) is 14.9 Å². The Balaban J connectivity index is 2.11. The molecule has 5 heteroatoms. The molecule has 1 aliphatic rings. The maximum absolute atomic E-state index is 13.1. The predicted octanol–water partition coefficient (Wildman–Crippen LogP) is 2.01. The molecule has 1 fully saturated rings. The highest BCUT2D eigenvalue weighted by molar-refractivity contribution is 7.16. The van der Waals surface area contributed by atoms with Gasteiger partial charge in [0, 0.05) is 5.31 Å². The molecule has 0 saturated carbocycles. The van der Waals surface area contributed by atoms with Gasteiger partial charge in [0.15, 0.2) is 0 Å². The number of aliphatic hydroxyl groups excluding tert-OH is 2. The molecule has 1 aliphatic heterocycles. The number of rotatable bonds is 4. The van der Waals surface area contributed by atoms with Gasteiger partial charge in [0.1, 0.15) is 23.6 Å². The molecule has 2 unspecified atom stereocenters. The smallest absolute Gasteiger partial charge is 0.329 e. The lowest BCUT2D eigenvalue weighted by atomic mass is 9.26. The minimum atomic E-state index is -1.71. The maximum Gasteiger partial charge on any atom is 0.329 e. The van der Waals surface area contributed by atoms with Crippen LogP contribution < -0.4 is 0 Å². The Morgan fingerprint density at radius 2 is 0.857 bits per heavy atom. The van der Waals surface area contributed by atoms with Crippen LogP contribution in [0.3, 0.4) is 0 Å². The first kappa shape index (κ1) is 18.4. The van der Waals surface area contributed by atoms with Crippen molar-refractivity contribution in [2.45, 2.75) is 17.5 Å². The zero-order valence-corrected chi connectivity index (χ0v) is 15.1. The van der Waals surface area contributed by atoms with E-state index in [0.29, 0.717) is 0 Å². The zero-order valence-electron chi connectivity index (χ0n) is 15.1. The number of hydrogen-bond acceptors (Lipinski definition) is 4. The first-order chi connectivity index (χ1) is 13.6. The molecule has 3 aromatic rings. The first-order valence-corrected chi connectivity index (χ1v) is 9.18. The van der Waals surface area contributed by atoms with Gasteiger partial charge in [-0.25, -0.2) is 0 Å². The lowest BCUT2D eigenvalue weighted by Gasteiger charge is -2.38. The zero-order chi connectivity index (χ0) is 19.7. The molecule has 2 atom stereocenters. The van der Waals surface area contributed by atoms with Gasteiger partial charge in [0.05, 0.1) is 0 Å². The molecule has 0 spiro atoms. The Kier molecular flexibility index (Phi) is 4.71. The van der Waals surface area contributed by atoms with Crippen LogP contribution in [0.25, 0.3) is 0 Å². The third kappa shape index (κ3) is 2.63. The van der Waals surface area contributed by atoms with Gasteiger partial charge in [-0.1, -0.05) is 91.0 Å². The minimum absolute atomic E-state index is 0.658. The average molecular weight is 370 g/mol. The van der Waals surface area contributed by atoms with E-state index in [2.05, 4.69) is 0 Å². The van der Waals surface area contributed by atoms with E-state index in [1.54, 1.807) is 0 Å². The Morgan fingerprint density at radius 1 is 0.571 bits per heavy atom. The molecule has 1 saturated heterocycles. The summed E-state index contributed by atoms with van der Waals surface area (Å²) in [5, 5.41) is 19.2. The Hall–Kier alpha value is -3.02. The summed E-state index contributed by atoms with van der Waals surface area (Å²) in [7, 11) is 0. The fourth-order valence-electron chi connectivity index (χ4n) is 4.32. The summed E-state index contributed by atoms with van der Waals surface area (Å²) < 4.78 is 0. The van der Waals surface area contributed by atoms with E-state index in [0.717, 1.165) is 16.7 Å². The highest BCUT2D eigenvalue weighted by Gasteiger charge is 2.62. The maximum atomic E-state index is 13.1. The van der Waals surface area contributed by atoms with Crippen LogP contribution in [-0.4, -0.2) is 40.5 Å². The van der Waals surface area contributed by atoms with Crippen molar-refractivity contribution in [1.82, 2.24) is 0 Å². The van der Waals surface area contributed by atoms with E-state index in [4.69, 9.17) is 0 Å². The second-order valence-corrected chi connectivity index (χ2v) is 7.03. The summed E-state index contributed by atoms with van der Waals surface area (Å²) in [6.07, 6.45) is -3.43. The van der Waals surface area contributed by atoms with Crippen molar-refractivity contribution in [3.63, 3.8) is 0 Å². The van der Waals surface area contributed by atoms with Gasteiger partial charge in [0.25, 0.3) is 0 Å². The summed E-state index contributed by atoms with van der Waals surface area (Å²) >= 11 is 0. The van der Waals surface area contributed by atoms with Crippen LogP contribution in [0.5, 0.6) is 0 Å². The molecular formula is C23H19BO4. The Morgan fingerprint density at radius 3 is 1.14 bits per heavy atom. The molecule has 0 aliphatic carbocycles. The second-order valence-electron chi connectivity index (χ2n) is 7.03. The average Bonchev–Trinajstić information content (AvgIpc) is 2.95. The number of benzene rings is 3. The monoisotopic (exact) mass is 370 g/mol. The molecule has 2 N–H and O–H groups in total. The van der Waals surface area contributed by atoms with Crippen molar-refractivity contribution < 1.29 is 19.8 Å². The van der Waals surface area contributed by atoms with Crippen molar-refractivity contribution in [3.05, 3.63) is 108 Å². The predicted molar refractivity (Wildman–Crippen MR) is 107 cm³/mol. The third-order valence-corrected chi connectivity index (χ3v) is 5.57.